The van der Waals surface area contributed by atoms with Crippen molar-refractivity contribution in [2.75, 3.05) is 6.61 Å². The van der Waals surface area contributed by atoms with Gasteiger partial charge in [0.15, 0.2) is 17.3 Å². The van der Waals surface area contributed by atoms with Gasteiger partial charge in [0.1, 0.15) is 18.6 Å². The molecule has 0 unspecified atom stereocenters. The molecule has 130 valence electrons. The van der Waals surface area contributed by atoms with Gasteiger partial charge in [0.2, 0.25) is 0 Å². The Kier molecular flexibility index (Phi) is 5.32. The molecule has 26 heavy (non-hydrogen) atoms. The molecule has 0 saturated heterocycles. The molecule has 0 aromatic heterocycles. The number of benzene rings is 2. The van der Waals surface area contributed by atoms with E-state index >= 15 is 0 Å². The molecule has 0 atom stereocenters. The average molecular weight is 351 g/mol. The Balaban J connectivity index is 1.81. The number of hydrogen-bond acceptors (Lipinski definition) is 7. The first kappa shape index (κ1) is 17.7. The van der Waals surface area contributed by atoms with Gasteiger partial charge >= 0.3 is 7.12 Å². The Morgan fingerprint density at radius 1 is 1.31 bits per heavy atom. The van der Waals surface area contributed by atoms with E-state index in [2.05, 4.69) is 0 Å². The lowest BCUT2D eigenvalue weighted by Crippen LogP contribution is -2.27. The highest BCUT2D eigenvalue weighted by Gasteiger charge is 2.27. The van der Waals surface area contributed by atoms with Crippen LogP contribution >= 0.6 is 0 Å². The summed E-state index contributed by atoms with van der Waals surface area (Å²) in [6.07, 6.45) is 0.275. The molecule has 8 heteroatoms. The van der Waals surface area contributed by atoms with Crippen molar-refractivity contribution in [2.24, 2.45) is 0 Å². The maximum absolute atomic E-state index is 11.5. The number of carbonyl (C=O) groups excluding carboxylic acids is 2. The van der Waals surface area contributed by atoms with E-state index in [9.17, 15) is 14.6 Å². The lowest BCUT2D eigenvalue weighted by molar-refractivity contribution is -0.123. The number of nitrogens with zero attached hydrogens (tertiary/aromatic N) is 1. The van der Waals surface area contributed by atoms with Crippen LogP contribution in [-0.2, 0) is 20.9 Å². The van der Waals surface area contributed by atoms with Crippen LogP contribution in [0.3, 0.4) is 0 Å². The van der Waals surface area contributed by atoms with E-state index in [-0.39, 0.29) is 31.2 Å². The molecule has 0 amide bonds. The van der Waals surface area contributed by atoms with Crippen LogP contribution in [0.15, 0.2) is 36.4 Å². The van der Waals surface area contributed by atoms with Gasteiger partial charge in [0.25, 0.3) is 0 Å². The summed E-state index contributed by atoms with van der Waals surface area (Å²) in [7, 11) is -0.934. The molecule has 2 aromatic carbocycles. The van der Waals surface area contributed by atoms with Crippen molar-refractivity contribution in [3.05, 3.63) is 47.5 Å². The maximum Gasteiger partial charge on any atom is 0.491 e. The zero-order chi connectivity index (χ0) is 18.5. The Bertz CT molecular complexity index is 892. The van der Waals surface area contributed by atoms with Crippen molar-refractivity contribution in [2.45, 2.75) is 13.0 Å². The minimum atomic E-state index is -0.934. The fourth-order valence-corrected chi connectivity index (χ4v) is 2.48. The van der Waals surface area contributed by atoms with Gasteiger partial charge in [-0.1, -0.05) is 6.07 Å². The molecule has 1 aliphatic rings. The lowest BCUT2D eigenvalue weighted by atomic mass is 9.80. The van der Waals surface area contributed by atoms with Gasteiger partial charge in [-0.15, -0.1) is 0 Å². The van der Waals surface area contributed by atoms with Crippen LogP contribution in [0.4, 0.5) is 0 Å². The van der Waals surface area contributed by atoms with E-state index in [0.717, 1.165) is 5.56 Å². The Hall–Kier alpha value is -3.15. The predicted octanol–water partition coefficient (Wildman–Crippen LogP) is 1.11. The summed E-state index contributed by atoms with van der Waals surface area (Å²) >= 11 is 0. The predicted molar refractivity (Wildman–Crippen MR) is 91.3 cm³/mol. The molecule has 7 nitrogen and oxygen atoms in total. The van der Waals surface area contributed by atoms with Crippen molar-refractivity contribution in [3.63, 3.8) is 0 Å². The monoisotopic (exact) mass is 351 g/mol. The van der Waals surface area contributed by atoms with Gasteiger partial charge in [-0.2, -0.15) is 5.26 Å². The number of nitriles is 1. The quantitative estimate of drug-likeness (QED) is 0.452. The van der Waals surface area contributed by atoms with Gasteiger partial charge < -0.3 is 23.9 Å². The normalized spacial score (nSPS) is 12.2. The first-order valence-corrected chi connectivity index (χ1v) is 7.83. The number of carbonyl (C=O) groups is 2. The number of ketones is 1. The van der Waals surface area contributed by atoms with Crippen molar-refractivity contribution in [1.29, 1.82) is 5.26 Å². The highest BCUT2D eigenvalue weighted by molar-refractivity contribution is 6.61. The smallest absolute Gasteiger partial charge is 0.482 e. The molecule has 0 saturated carbocycles. The number of aldehydes is 1. The first-order valence-electron chi connectivity index (χ1n) is 7.83. The van der Waals surface area contributed by atoms with E-state index in [1.807, 2.05) is 6.07 Å². The SMILES string of the molecule is N#Cc1ccc(Oc2ccc3c(c2)COB3O)c(OCC(=O)CC=O)c1. The van der Waals surface area contributed by atoms with Gasteiger partial charge in [-0.3, -0.25) is 4.79 Å². The van der Waals surface area contributed by atoms with Crippen LogP contribution < -0.4 is 14.9 Å². The van der Waals surface area contributed by atoms with Crippen molar-refractivity contribution >= 4 is 24.7 Å². The van der Waals surface area contributed by atoms with E-state index in [1.54, 1.807) is 30.3 Å². The van der Waals surface area contributed by atoms with Gasteiger partial charge in [-0.05, 0) is 35.3 Å². The fourth-order valence-electron chi connectivity index (χ4n) is 2.48. The summed E-state index contributed by atoms with van der Waals surface area (Å²) in [5.41, 5.74) is 1.85. The number of ether oxygens (including phenoxy) is 2. The molecule has 0 bridgehead atoms. The third kappa shape index (κ3) is 3.91. The summed E-state index contributed by atoms with van der Waals surface area (Å²) in [6.45, 7) is -0.0151. The molecule has 1 aliphatic heterocycles. The summed E-state index contributed by atoms with van der Waals surface area (Å²) in [4.78, 5) is 21.9. The minimum absolute atomic E-state index is 0.222. The fraction of sp³-hybridized carbons (Fsp3) is 0.167. The van der Waals surface area contributed by atoms with Crippen molar-refractivity contribution < 1.29 is 28.7 Å². The molecular formula is C18H14BNO6. The molecule has 0 aliphatic carbocycles. The number of rotatable bonds is 7. The summed E-state index contributed by atoms with van der Waals surface area (Å²) in [5, 5.41) is 18.7. The molecule has 0 fully saturated rings. The molecule has 3 rings (SSSR count). The van der Waals surface area contributed by atoms with E-state index in [4.69, 9.17) is 19.4 Å². The molecule has 0 spiro atoms. The molecule has 1 N–H and O–H groups in total. The van der Waals surface area contributed by atoms with Crippen LogP contribution in [0.5, 0.6) is 17.2 Å². The Morgan fingerprint density at radius 3 is 2.92 bits per heavy atom. The van der Waals surface area contributed by atoms with E-state index in [0.29, 0.717) is 28.8 Å². The van der Waals surface area contributed by atoms with Gasteiger partial charge in [-0.25, -0.2) is 0 Å². The molecule has 1 heterocycles. The van der Waals surface area contributed by atoms with E-state index < -0.39 is 7.12 Å². The second-order valence-electron chi connectivity index (χ2n) is 5.60. The topological polar surface area (TPSA) is 106 Å². The van der Waals surface area contributed by atoms with Crippen LogP contribution in [0.25, 0.3) is 0 Å². The van der Waals surface area contributed by atoms with Crippen molar-refractivity contribution in [1.82, 2.24) is 0 Å². The Labute approximate surface area is 149 Å². The standard InChI is InChI=1S/C18H14BNO6/c20-9-12-1-4-17(18(7-12)24-11-14(22)5-6-21)26-15-2-3-16-13(8-15)10-25-19(16)23/h1-4,6-8,23H,5,10-11H2. The molecule has 0 radical (unpaired) electrons. The average Bonchev–Trinajstić information content (AvgIpc) is 3.01. The summed E-state index contributed by atoms with van der Waals surface area (Å²) in [6, 6.07) is 11.7. The number of fused-ring (bicyclic) bond motifs is 1. The van der Waals surface area contributed by atoms with Gasteiger partial charge in [0, 0.05) is 6.07 Å². The zero-order valence-corrected chi connectivity index (χ0v) is 13.7. The van der Waals surface area contributed by atoms with Crippen LogP contribution in [0.1, 0.15) is 17.5 Å². The summed E-state index contributed by atoms with van der Waals surface area (Å²) in [5.74, 6) is 0.662. The second kappa shape index (κ2) is 7.82. The Morgan fingerprint density at radius 2 is 2.15 bits per heavy atom. The highest BCUT2D eigenvalue weighted by atomic mass is 16.5. The third-order valence-electron chi connectivity index (χ3n) is 3.78. The maximum atomic E-state index is 11.5. The minimum Gasteiger partial charge on any atom is -0.482 e. The van der Waals surface area contributed by atoms with Gasteiger partial charge in [0.05, 0.1) is 24.7 Å². The second-order valence-corrected chi connectivity index (χ2v) is 5.60. The number of Topliss-reactive ketones (excluding diaryl/α,β-unsaturated/α-hetero) is 1. The van der Waals surface area contributed by atoms with Crippen molar-refractivity contribution in [3.8, 4) is 23.3 Å². The first-order chi connectivity index (χ1) is 12.6. The third-order valence-corrected chi connectivity index (χ3v) is 3.78. The lowest BCUT2D eigenvalue weighted by Gasteiger charge is -2.13. The number of hydrogen-bond donors (Lipinski definition) is 1. The summed E-state index contributed by atoms with van der Waals surface area (Å²) < 4.78 is 16.4. The molecule has 2 aromatic rings. The zero-order valence-electron chi connectivity index (χ0n) is 13.7. The van der Waals surface area contributed by atoms with Crippen LogP contribution in [0, 0.1) is 11.3 Å². The molecular weight excluding hydrogens is 337 g/mol. The van der Waals surface area contributed by atoms with Crippen LogP contribution in [-0.4, -0.2) is 30.8 Å². The highest BCUT2D eigenvalue weighted by Crippen LogP contribution is 2.33. The van der Waals surface area contributed by atoms with E-state index in [1.165, 1.54) is 6.07 Å². The largest absolute Gasteiger partial charge is 0.491 e. The van der Waals surface area contributed by atoms with Crippen LogP contribution in [0.2, 0.25) is 0 Å².